The van der Waals surface area contributed by atoms with Gasteiger partial charge in [0.1, 0.15) is 4.21 Å². The van der Waals surface area contributed by atoms with Crippen LogP contribution in [0.5, 0.6) is 0 Å². The monoisotopic (exact) mass is 312 g/mol. The first kappa shape index (κ1) is 15.1. The molecular weight excluding hydrogens is 296 g/mol. The van der Waals surface area contributed by atoms with Crippen molar-refractivity contribution in [1.29, 1.82) is 0 Å². The normalized spacial score (nSPS) is 11.7. The van der Waals surface area contributed by atoms with Crippen LogP contribution in [-0.4, -0.2) is 25.1 Å². The Morgan fingerprint density at radius 1 is 1.35 bits per heavy atom. The molecule has 0 unspecified atom stereocenters. The summed E-state index contributed by atoms with van der Waals surface area (Å²) in [6, 6.07) is 5.13. The van der Waals surface area contributed by atoms with E-state index in [0.717, 1.165) is 16.0 Å². The van der Waals surface area contributed by atoms with Crippen LogP contribution in [0.1, 0.15) is 16.0 Å². The van der Waals surface area contributed by atoms with E-state index in [4.69, 9.17) is 5.11 Å². The molecule has 2 rings (SSSR count). The molecule has 0 atom stereocenters. The Hall–Kier alpha value is -1.28. The number of aliphatic hydroxyl groups is 1. The van der Waals surface area contributed by atoms with Crippen molar-refractivity contribution in [3.8, 4) is 0 Å². The summed E-state index contributed by atoms with van der Waals surface area (Å²) in [5.74, 6) is 0. The summed E-state index contributed by atoms with van der Waals surface area (Å²) in [6.07, 6.45) is 3.80. The highest BCUT2D eigenvalue weighted by atomic mass is 32.2. The Bertz CT molecular complexity index is 680. The van der Waals surface area contributed by atoms with Crippen LogP contribution in [0.4, 0.5) is 0 Å². The molecule has 2 aromatic rings. The maximum absolute atomic E-state index is 12.2. The fraction of sp³-hybridized carbons (Fsp3) is 0.308. The third kappa shape index (κ3) is 3.63. The Kier molecular flexibility index (Phi) is 4.87. The van der Waals surface area contributed by atoms with E-state index in [9.17, 15) is 8.42 Å². The minimum absolute atomic E-state index is 0.0162. The van der Waals surface area contributed by atoms with Gasteiger partial charge >= 0.3 is 0 Å². The van der Waals surface area contributed by atoms with E-state index in [2.05, 4.69) is 9.71 Å². The minimum atomic E-state index is -3.51. The topological polar surface area (TPSA) is 79.3 Å². The van der Waals surface area contributed by atoms with Crippen molar-refractivity contribution in [2.24, 2.45) is 0 Å². The molecule has 5 nitrogen and oxygen atoms in total. The van der Waals surface area contributed by atoms with Crippen LogP contribution in [0.15, 0.2) is 34.8 Å². The second-order valence-electron chi connectivity index (χ2n) is 4.32. The van der Waals surface area contributed by atoms with E-state index < -0.39 is 10.0 Å². The van der Waals surface area contributed by atoms with E-state index in [0.29, 0.717) is 6.42 Å². The number of aliphatic hydroxyl groups excluding tert-OH is 1. The molecule has 20 heavy (non-hydrogen) atoms. The first-order valence-corrected chi connectivity index (χ1v) is 8.41. The van der Waals surface area contributed by atoms with Crippen molar-refractivity contribution in [3.63, 3.8) is 0 Å². The van der Waals surface area contributed by atoms with Crippen molar-refractivity contribution >= 4 is 21.4 Å². The van der Waals surface area contributed by atoms with Gasteiger partial charge in [-0.05, 0) is 36.2 Å². The molecule has 0 bridgehead atoms. The van der Waals surface area contributed by atoms with Crippen LogP contribution in [0.3, 0.4) is 0 Å². The van der Waals surface area contributed by atoms with Gasteiger partial charge in [0.25, 0.3) is 0 Å². The largest absolute Gasteiger partial charge is 0.396 e. The second kappa shape index (κ2) is 6.45. The average molecular weight is 312 g/mol. The Balaban J connectivity index is 2.09. The fourth-order valence-corrected chi connectivity index (χ4v) is 4.07. The number of hydrogen-bond acceptors (Lipinski definition) is 5. The third-order valence-electron chi connectivity index (χ3n) is 2.86. The molecule has 2 N–H and O–H groups in total. The summed E-state index contributed by atoms with van der Waals surface area (Å²) in [6.45, 7) is 2.15. The molecule has 0 spiro atoms. The Morgan fingerprint density at radius 3 is 2.85 bits per heavy atom. The second-order valence-corrected chi connectivity index (χ2v) is 7.48. The van der Waals surface area contributed by atoms with Crippen molar-refractivity contribution in [2.75, 3.05) is 6.61 Å². The zero-order valence-corrected chi connectivity index (χ0v) is 12.7. The molecule has 7 heteroatoms. The van der Waals surface area contributed by atoms with Gasteiger partial charge in [-0.1, -0.05) is 0 Å². The van der Waals surface area contributed by atoms with Gasteiger partial charge in [0.2, 0.25) is 10.0 Å². The lowest BCUT2D eigenvalue weighted by Crippen LogP contribution is -2.22. The van der Waals surface area contributed by atoms with E-state index in [1.165, 1.54) is 11.3 Å². The molecule has 0 aliphatic carbocycles. The summed E-state index contributed by atoms with van der Waals surface area (Å²) >= 11 is 1.18. The first-order chi connectivity index (χ1) is 9.53. The lowest BCUT2D eigenvalue weighted by Gasteiger charge is -2.06. The molecule has 0 fully saturated rings. The highest BCUT2D eigenvalue weighted by Crippen LogP contribution is 2.22. The van der Waals surface area contributed by atoms with Crippen LogP contribution in [0.25, 0.3) is 0 Å². The molecule has 0 amide bonds. The van der Waals surface area contributed by atoms with Crippen molar-refractivity contribution < 1.29 is 13.5 Å². The van der Waals surface area contributed by atoms with Gasteiger partial charge in [-0.25, -0.2) is 13.1 Å². The lowest BCUT2D eigenvalue weighted by molar-refractivity contribution is 0.300. The lowest BCUT2D eigenvalue weighted by atomic mass is 10.2. The summed E-state index contributed by atoms with van der Waals surface area (Å²) in [4.78, 5) is 4.84. The van der Waals surface area contributed by atoms with Crippen LogP contribution in [0.2, 0.25) is 0 Å². The number of thiophene rings is 1. The van der Waals surface area contributed by atoms with Gasteiger partial charge in [-0.2, -0.15) is 0 Å². The smallest absolute Gasteiger partial charge is 0.250 e. The van der Waals surface area contributed by atoms with Crippen molar-refractivity contribution in [1.82, 2.24) is 9.71 Å². The first-order valence-electron chi connectivity index (χ1n) is 6.11. The third-order valence-corrected chi connectivity index (χ3v) is 5.90. The Morgan fingerprint density at radius 2 is 2.15 bits per heavy atom. The van der Waals surface area contributed by atoms with Gasteiger partial charge in [0, 0.05) is 36.8 Å². The van der Waals surface area contributed by atoms with Crippen molar-refractivity contribution in [3.05, 3.63) is 46.6 Å². The zero-order chi connectivity index (χ0) is 14.6. The number of pyridine rings is 1. The zero-order valence-electron chi connectivity index (χ0n) is 11.0. The standard InChI is InChI=1S/C13H16N2O3S2/c1-10-4-6-14-8-11(10)9-15-20(17,18)13-3-2-12(19-13)5-7-16/h2-4,6,8,15-16H,5,7,9H2,1H3. The predicted octanol–water partition coefficient (Wildman–Crippen LogP) is 1.46. The number of aryl methyl sites for hydroxylation is 1. The fourth-order valence-electron chi connectivity index (χ4n) is 1.67. The molecule has 108 valence electrons. The van der Waals surface area contributed by atoms with E-state index in [-0.39, 0.29) is 17.4 Å². The molecule has 2 heterocycles. The quantitative estimate of drug-likeness (QED) is 0.846. The number of rotatable bonds is 6. The minimum Gasteiger partial charge on any atom is -0.396 e. The molecule has 0 radical (unpaired) electrons. The maximum Gasteiger partial charge on any atom is 0.250 e. The number of nitrogens with one attached hydrogen (secondary N) is 1. The van der Waals surface area contributed by atoms with Crippen LogP contribution in [0, 0.1) is 6.92 Å². The molecule has 0 saturated carbocycles. The highest BCUT2D eigenvalue weighted by Gasteiger charge is 2.16. The number of aromatic nitrogens is 1. The summed E-state index contributed by atoms with van der Waals surface area (Å²) < 4.78 is 27.1. The van der Waals surface area contributed by atoms with Crippen molar-refractivity contribution in [2.45, 2.75) is 24.1 Å². The Labute approximate surface area is 122 Å². The SMILES string of the molecule is Cc1ccncc1CNS(=O)(=O)c1ccc(CCO)s1. The van der Waals surface area contributed by atoms with E-state index in [1.807, 2.05) is 13.0 Å². The highest BCUT2D eigenvalue weighted by molar-refractivity contribution is 7.91. The molecule has 0 aliphatic heterocycles. The van der Waals surface area contributed by atoms with Gasteiger partial charge < -0.3 is 5.11 Å². The number of sulfonamides is 1. The molecule has 0 saturated heterocycles. The molecule has 0 aliphatic rings. The van der Waals surface area contributed by atoms with Gasteiger partial charge in [0.05, 0.1) is 0 Å². The van der Waals surface area contributed by atoms with Crippen LogP contribution < -0.4 is 4.72 Å². The molecular formula is C13H16N2O3S2. The van der Waals surface area contributed by atoms with E-state index >= 15 is 0 Å². The van der Waals surface area contributed by atoms with Crippen LogP contribution >= 0.6 is 11.3 Å². The van der Waals surface area contributed by atoms with Gasteiger partial charge in [-0.15, -0.1) is 11.3 Å². The van der Waals surface area contributed by atoms with E-state index in [1.54, 1.807) is 24.5 Å². The average Bonchev–Trinajstić information content (AvgIpc) is 2.88. The van der Waals surface area contributed by atoms with Gasteiger partial charge in [0.15, 0.2) is 0 Å². The summed E-state index contributed by atoms with van der Waals surface area (Å²) in [7, 11) is -3.51. The molecule has 2 aromatic heterocycles. The molecule has 0 aromatic carbocycles. The van der Waals surface area contributed by atoms with Gasteiger partial charge in [-0.3, -0.25) is 4.98 Å². The maximum atomic E-state index is 12.2. The number of hydrogen-bond donors (Lipinski definition) is 2. The summed E-state index contributed by atoms with van der Waals surface area (Å²) in [5.41, 5.74) is 1.85. The predicted molar refractivity (Wildman–Crippen MR) is 78.1 cm³/mol. The van der Waals surface area contributed by atoms with Crippen LogP contribution in [-0.2, 0) is 23.0 Å². The summed E-state index contributed by atoms with van der Waals surface area (Å²) in [5, 5.41) is 8.85. The number of nitrogens with zero attached hydrogens (tertiary/aromatic N) is 1.